The number of rotatable bonds is 56. The summed E-state index contributed by atoms with van der Waals surface area (Å²) in [6, 6.07) is 0. The Bertz CT molecular complexity index is 1070. The van der Waals surface area contributed by atoms with E-state index in [1.165, 1.54) is 231 Å². The normalized spacial score (nSPS) is 12.1. The van der Waals surface area contributed by atoms with Gasteiger partial charge < -0.3 is 14.2 Å². The van der Waals surface area contributed by atoms with E-state index in [2.05, 4.69) is 41.5 Å². The van der Waals surface area contributed by atoms with Crippen molar-refractivity contribution >= 4 is 17.9 Å². The summed E-state index contributed by atoms with van der Waals surface area (Å²) in [5, 5.41) is 0. The molecule has 0 unspecified atom stereocenters. The van der Waals surface area contributed by atoms with Crippen molar-refractivity contribution in [2.45, 2.75) is 356 Å². The number of carbonyl (C=O) groups excluding carboxylic acids is 3. The van der Waals surface area contributed by atoms with Crippen molar-refractivity contribution in [2.24, 2.45) is 17.8 Å². The molecule has 0 fully saturated rings. The van der Waals surface area contributed by atoms with Gasteiger partial charge in [-0.1, -0.05) is 311 Å². The molecule has 0 spiro atoms. The topological polar surface area (TPSA) is 78.9 Å². The summed E-state index contributed by atoms with van der Waals surface area (Å²) in [6.45, 7) is 13.8. The first-order valence-corrected chi connectivity index (χ1v) is 31.1. The van der Waals surface area contributed by atoms with Crippen LogP contribution in [0.25, 0.3) is 0 Å². The predicted octanol–water partition coefficient (Wildman–Crippen LogP) is 20.7. The van der Waals surface area contributed by atoms with Crippen LogP contribution in [0.3, 0.4) is 0 Å². The predicted molar refractivity (Wildman–Crippen MR) is 298 cm³/mol. The summed E-state index contributed by atoms with van der Waals surface area (Å²) < 4.78 is 16.9. The zero-order valence-corrected chi connectivity index (χ0v) is 47.6. The summed E-state index contributed by atoms with van der Waals surface area (Å²) >= 11 is 0. The highest BCUT2D eigenvalue weighted by molar-refractivity contribution is 5.71. The molecule has 0 amide bonds. The molecular formula is C63H122O6. The van der Waals surface area contributed by atoms with Crippen LogP contribution in [0.4, 0.5) is 0 Å². The largest absolute Gasteiger partial charge is 0.462 e. The average molecular weight is 976 g/mol. The lowest BCUT2D eigenvalue weighted by atomic mass is 10.0. The van der Waals surface area contributed by atoms with Crippen LogP contribution in [-0.2, 0) is 28.6 Å². The summed E-state index contributed by atoms with van der Waals surface area (Å²) in [5.41, 5.74) is 0. The molecule has 0 aromatic rings. The molecule has 0 rings (SSSR count). The number of carbonyl (C=O) groups is 3. The Labute approximate surface area is 431 Å². The first kappa shape index (κ1) is 67.4. The van der Waals surface area contributed by atoms with Crippen LogP contribution in [-0.4, -0.2) is 37.2 Å². The minimum atomic E-state index is -0.764. The lowest BCUT2D eigenvalue weighted by Crippen LogP contribution is -2.30. The highest BCUT2D eigenvalue weighted by Gasteiger charge is 2.19. The number of hydrogen-bond donors (Lipinski definition) is 0. The van der Waals surface area contributed by atoms with E-state index in [1.54, 1.807) is 0 Å². The minimum absolute atomic E-state index is 0.0628. The van der Waals surface area contributed by atoms with Gasteiger partial charge in [0.1, 0.15) is 13.2 Å². The fraction of sp³-hybridized carbons (Fsp3) is 0.952. The van der Waals surface area contributed by atoms with Gasteiger partial charge in [-0.25, -0.2) is 0 Å². The third-order valence-corrected chi connectivity index (χ3v) is 14.4. The van der Waals surface area contributed by atoms with Crippen molar-refractivity contribution in [2.75, 3.05) is 13.2 Å². The van der Waals surface area contributed by atoms with Crippen LogP contribution < -0.4 is 0 Å². The zero-order valence-electron chi connectivity index (χ0n) is 47.6. The molecule has 0 saturated carbocycles. The van der Waals surface area contributed by atoms with Gasteiger partial charge in [0.15, 0.2) is 6.10 Å². The van der Waals surface area contributed by atoms with Crippen LogP contribution in [0.5, 0.6) is 0 Å². The van der Waals surface area contributed by atoms with Crippen molar-refractivity contribution in [3.05, 3.63) is 0 Å². The molecule has 0 saturated heterocycles. The fourth-order valence-corrected chi connectivity index (χ4v) is 9.71. The van der Waals surface area contributed by atoms with E-state index < -0.39 is 6.10 Å². The Balaban J connectivity index is 4.29. The van der Waals surface area contributed by atoms with Crippen molar-refractivity contribution < 1.29 is 28.6 Å². The Morgan fingerprint density at radius 3 is 0.623 bits per heavy atom. The van der Waals surface area contributed by atoms with Crippen molar-refractivity contribution in [1.29, 1.82) is 0 Å². The maximum absolute atomic E-state index is 12.9. The maximum Gasteiger partial charge on any atom is 0.306 e. The molecule has 0 aromatic heterocycles. The molecule has 0 radical (unpaired) electrons. The molecular weight excluding hydrogens is 853 g/mol. The van der Waals surface area contributed by atoms with Crippen molar-refractivity contribution in [1.82, 2.24) is 0 Å². The van der Waals surface area contributed by atoms with Gasteiger partial charge in [-0.15, -0.1) is 0 Å². The van der Waals surface area contributed by atoms with E-state index in [4.69, 9.17) is 14.2 Å². The second kappa shape index (κ2) is 54.2. The van der Waals surface area contributed by atoms with E-state index in [-0.39, 0.29) is 31.1 Å². The molecule has 0 aliphatic rings. The quantitative estimate of drug-likeness (QED) is 0.0343. The van der Waals surface area contributed by atoms with Crippen LogP contribution >= 0.6 is 0 Å². The molecule has 0 bridgehead atoms. The Morgan fingerprint density at radius 1 is 0.246 bits per heavy atom. The Hall–Kier alpha value is -1.59. The molecule has 6 nitrogen and oxygen atoms in total. The second-order valence-corrected chi connectivity index (χ2v) is 23.1. The first-order valence-electron chi connectivity index (χ1n) is 31.1. The van der Waals surface area contributed by atoms with Gasteiger partial charge in [0.05, 0.1) is 0 Å². The minimum Gasteiger partial charge on any atom is -0.462 e. The Morgan fingerprint density at radius 2 is 0.420 bits per heavy atom. The van der Waals surface area contributed by atoms with Gasteiger partial charge in [-0.2, -0.15) is 0 Å². The molecule has 0 aromatic carbocycles. The van der Waals surface area contributed by atoms with Crippen LogP contribution in [0, 0.1) is 17.8 Å². The highest BCUT2D eigenvalue weighted by atomic mass is 16.6. The monoisotopic (exact) mass is 975 g/mol. The molecule has 0 aliphatic carbocycles. The Kier molecular flexibility index (Phi) is 52.9. The van der Waals surface area contributed by atoms with E-state index in [9.17, 15) is 14.4 Å². The lowest BCUT2D eigenvalue weighted by Gasteiger charge is -2.18. The number of hydrogen-bond acceptors (Lipinski definition) is 6. The lowest BCUT2D eigenvalue weighted by molar-refractivity contribution is -0.167. The molecule has 410 valence electrons. The van der Waals surface area contributed by atoms with Crippen molar-refractivity contribution in [3.8, 4) is 0 Å². The maximum atomic E-state index is 12.9. The average Bonchev–Trinajstić information content (AvgIpc) is 3.31. The van der Waals surface area contributed by atoms with Gasteiger partial charge in [-0.05, 0) is 37.0 Å². The third-order valence-electron chi connectivity index (χ3n) is 14.4. The van der Waals surface area contributed by atoms with Crippen LogP contribution in [0.1, 0.15) is 350 Å². The second-order valence-electron chi connectivity index (χ2n) is 23.1. The number of ether oxygens (including phenoxy) is 3. The molecule has 6 heteroatoms. The molecule has 0 aliphatic heterocycles. The van der Waals surface area contributed by atoms with Gasteiger partial charge in [-0.3, -0.25) is 14.4 Å². The van der Waals surface area contributed by atoms with E-state index >= 15 is 0 Å². The van der Waals surface area contributed by atoms with Crippen molar-refractivity contribution in [3.63, 3.8) is 0 Å². The SMILES string of the molecule is CC(C)CCCCCCCCCCCCCCCCCC(=O)OC[C@@H](COC(=O)CCCCCCCCCCCCCCC(C)C)OC(=O)CCCCCCCCCCCCCCCCCC(C)C. The van der Waals surface area contributed by atoms with Crippen LogP contribution in [0.2, 0.25) is 0 Å². The number of unbranched alkanes of at least 4 members (excludes halogenated alkanes) is 39. The van der Waals surface area contributed by atoms with Gasteiger partial charge in [0, 0.05) is 19.3 Å². The first-order chi connectivity index (χ1) is 33.6. The standard InChI is InChI=1S/C63H122O6/c1-57(2)49-43-37-31-25-19-13-9-7-11-15-22-28-34-40-46-52-61(64)67-55-60(56-68-62(65)53-47-41-35-29-23-18-17-21-27-33-39-45-51-59(5)6)69-63(66)54-48-42-36-30-24-16-12-8-10-14-20-26-32-38-44-50-58(3)4/h57-60H,7-56H2,1-6H3/t60-/m0/s1. The van der Waals surface area contributed by atoms with Gasteiger partial charge in [0.2, 0.25) is 0 Å². The highest BCUT2D eigenvalue weighted by Crippen LogP contribution is 2.19. The molecule has 0 heterocycles. The molecule has 0 N–H and O–H groups in total. The van der Waals surface area contributed by atoms with E-state index in [1.807, 2.05) is 0 Å². The van der Waals surface area contributed by atoms with Gasteiger partial charge >= 0.3 is 17.9 Å². The zero-order chi connectivity index (χ0) is 50.5. The summed E-state index contributed by atoms with van der Waals surface area (Å²) in [4.78, 5) is 38.3. The third kappa shape index (κ3) is 57.2. The van der Waals surface area contributed by atoms with Crippen LogP contribution in [0.15, 0.2) is 0 Å². The summed E-state index contributed by atoms with van der Waals surface area (Å²) in [6.07, 6.45) is 58.1. The van der Waals surface area contributed by atoms with Gasteiger partial charge in [0.25, 0.3) is 0 Å². The summed E-state index contributed by atoms with van der Waals surface area (Å²) in [7, 11) is 0. The molecule has 1 atom stereocenters. The van der Waals surface area contributed by atoms with E-state index in [0.29, 0.717) is 19.3 Å². The smallest absolute Gasteiger partial charge is 0.306 e. The summed E-state index contributed by atoms with van der Waals surface area (Å²) in [5.74, 6) is 1.69. The number of esters is 3. The fourth-order valence-electron chi connectivity index (χ4n) is 9.71. The molecule has 69 heavy (non-hydrogen) atoms. The van der Waals surface area contributed by atoms with E-state index in [0.717, 1.165) is 75.5 Å².